The fourth-order valence-electron chi connectivity index (χ4n) is 3.77. The van der Waals surface area contributed by atoms with Crippen LogP contribution in [0.1, 0.15) is 24.8 Å². The van der Waals surface area contributed by atoms with E-state index in [9.17, 15) is 8.78 Å². The number of halogens is 2. The monoisotopic (exact) mass is 223 g/mol. The lowest BCUT2D eigenvalue weighted by molar-refractivity contribution is -0.138. The maximum Gasteiger partial charge on any atom is 0.129 e. The van der Waals surface area contributed by atoms with Crippen molar-refractivity contribution in [3.8, 4) is 0 Å². The summed E-state index contributed by atoms with van der Waals surface area (Å²) in [5.41, 5.74) is 1.14. The van der Waals surface area contributed by atoms with Crippen LogP contribution in [-0.2, 0) is 5.41 Å². The highest BCUT2D eigenvalue weighted by atomic mass is 19.1. The van der Waals surface area contributed by atoms with E-state index in [0.717, 1.165) is 31.9 Å². The van der Waals surface area contributed by atoms with Gasteiger partial charge in [0, 0.05) is 12.6 Å². The van der Waals surface area contributed by atoms with E-state index in [-0.39, 0.29) is 11.2 Å². The average molecular weight is 223 g/mol. The van der Waals surface area contributed by atoms with Crippen molar-refractivity contribution >= 4 is 0 Å². The van der Waals surface area contributed by atoms with Crippen LogP contribution < -0.4 is 5.32 Å². The molecule has 3 heteroatoms. The van der Waals surface area contributed by atoms with Gasteiger partial charge in [-0.3, -0.25) is 0 Å². The minimum absolute atomic E-state index is 0.0225. The molecule has 3 fully saturated rings. The quantitative estimate of drug-likeness (QED) is 0.830. The van der Waals surface area contributed by atoms with Crippen molar-refractivity contribution in [2.75, 3.05) is 13.6 Å². The van der Waals surface area contributed by atoms with E-state index in [1.807, 2.05) is 7.05 Å². The molecule has 0 unspecified atom stereocenters. The molecule has 16 heavy (non-hydrogen) atoms. The molecule has 0 saturated heterocycles. The second-order valence-electron chi connectivity index (χ2n) is 5.47. The van der Waals surface area contributed by atoms with Crippen molar-refractivity contribution in [2.24, 2.45) is 5.41 Å². The van der Waals surface area contributed by atoms with E-state index in [1.54, 1.807) is 6.07 Å². The fraction of sp³-hybridized carbons (Fsp3) is 0.538. The van der Waals surface area contributed by atoms with E-state index in [4.69, 9.17) is 0 Å². The summed E-state index contributed by atoms with van der Waals surface area (Å²) in [4.78, 5) is 0. The first kappa shape index (κ1) is 10.2. The van der Waals surface area contributed by atoms with Gasteiger partial charge in [-0.1, -0.05) is 6.07 Å². The van der Waals surface area contributed by atoms with Crippen molar-refractivity contribution in [1.29, 1.82) is 0 Å². The molecule has 0 atom stereocenters. The molecule has 3 aliphatic carbocycles. The maximum absolute atomic E-state index is 13.6. The Morgan fingerprint density at radius 2 is 1.94 bits per heavy atom. The lowest BCUT2D eigenvalue weighted by Gasteiger charge is -2.71. The number of nitrogens with one attached hydrogen (secondary N) is 1. The average Bonchev–Trinajstić information content (AvgIpc) is 2.10. The molecule has 0 heterocycles. The Morgan fingerprint density at radius 3 is 2.50 bits per heavy atom. The summed E-state index contributed by atoms with van der Waals surface area (Å²) in [6, 6.07) is 3.98. The summed E-state index contributed by atoms with van der Waals surface area (Å²) in [5.74, 6) is -0.865. The number of hydrogen-bond acceptors (Lipinski definition) is 1. The Kier molecular flexibility index (Phi) is 1.94. The van der Waals surface area contributed by atoms with Crippen LogP contribution in [0.15, 0.2) is 18.2 Å². The third-order valence-electron chi connectivity index (χ3n) is 4.19. The molecule has 1 N–H and O–H groups in total. The molecule has 0 aromatic heterocycles. The van der Waals surface area contributed by atoms with Gasteiger partial charge in [0.05, 0.1) is 0 Å². The predicted molar refractivity (Wildman–Crippen MR) is 58.2 cm³/mol. The standard InChI is InChI=1S/C13H15F2N/c1-16-8-12-5-13(6-12,7-12)10-3-2-9(14)4-11(10)15/h2-4,16H,5-8H2,1H3. The van der Waals surface area contributed by atoms with E-state index in [0.29, 0.717) is 11.0 Å². The zero-order valence-electron chi connectivity index (χ0n) is 9.32. The van der Waals surface area contributed by atoms with Gasteiger partial charge in [-0.2, -0.15) is 0 Å². The maximum atomic E-state index is 13.6. The van der Waals surface area contributed by atoms with Crippen molar-refractivity contribution in [2.45, 2.75) is 24.7 Å². The molecule has 4 rings (SSSR count). The molecule has 0 radical (unpaired) electrons. The molecule has 0 spiro atoms. The summed E-state index contributed by atoms with van der Waals surface area (Å²) in [6.45, 7) is 1.01. The Balaban J connectivity index is 1.82. The lowest BCUT2D eigenvalue weighted by atomic mass is 9.33. The van der Waals surface area contributed by atoms with Gasteiger partial charge in [0.1, 0.15) is 11.6 Å². The number of benzene rings is 1. The number of hydrogen-bond donors (Lipinski definition) is 1. The van der Waals surface area contributed by atoms with Crippen LogP contribution in [0.3, 0.4) is 0 Å². The highest BCUT2D eigenvalue weighted by Crippen LogP contribution is 2.73. The Hall–Kier alpha value is -0.960. The minimum atomic E-state index is -0.488. The molecule has 3 saturated carbocycles. The van der Waals surface area contributed by atoms with Gasteiger partial charge in [0.2, 0.25) is 0 Å². The molecule has 1 aromatic carbocycles. The van der Waals surface area contributed by atoms with E-state index < -0.39 is 5.82 Å². The van der Waals surface area contributed by atoms with Crippen LogP contribution in [-0.4, -0.2) is 13.6 Å². The molecular formula is C13H15F2N. The Labute approximate surface area is 93.9 Å². The zero-order valence-corrected chi connectivity index (χ0v) is 9.32. The Bertz CT molecular complexity index is 422. The van der Waals surface area contributed by atoms with Crippen LogP contribution in [0, 0.1) is 17.0 Å². The van der Waals surface area contributed by atoms with Gasteiger partial charge in [0.25, 0.3) is 0 Å². The Morgan fingerprint density at radius 1 is 1.25 bits per heavy atom. The summed E-state index contributed by atoms with van der Waals surface area (Å²) in [7, 11) is 1.95. The third kappa shape index (κ3) is 1.18. The number of rotatable bonds is 3. The van der Waals surface area contributed by atoms with Gasteiger partial charge in [0.15, 0.2) is 0 Å². The first-order chi connectivity index (χ1) is 7.59. The molecule has 0 amide bonds. The molecule has 1 nitrogen and oxygen atoms in total. The van der Waals surface area contributed by atoms with Crippen molar-refractivity contribution in [3.63, 3.8) is 0 Å². The topological polar surface area (TPSA) is 12.0 Å². The minimum Gasteiger partial charge on any atom is -0.319 e. The van der Waals surface area contributed by atoms with Gasteiger partial charge >= 0.3 is 0 Å². The predicted octanol–water partition coefficient (Wildman–Crippen LogP) is 2.61. The largest absolute Gasteiger partial charge is 0.319 e. The first-order valence-electron chi connectivity index (χ1n) is 5.69. The second kappa shape index (κ2) is 3.04. The van der Waals surface area contributed by atoms with E-state index >= 15 is 0 Å². The second-order valence-corrected chi connectivity index (χ2v) is 5.47. The summed E-state index contributed by atoms with van der Waals surface area (Å²) in [5, 5.41) is 3.19. The molecule has 2 bridgehead atoms. The van der Waals surface area contributed by atoms with Gasteiger partial charge in [-0.15, -0.1) is 0 Å². The van der Waals surface area contributed by atoms with Gasteiger partial charge < -0.3 is 5.32 Å². The summed E-state index contributed by atoms with van der Waals surface area (Å²) in [6.07, 6.45) is 3.14. The van der Waals surface area contributed by atoms with Crippen LogP contribution in [0.25, 0.3) is 0 Å². The SMILES string of the molecule is CNCC12CC(c3ccc(F)cc3F)(C1)C2. The first-order valence-corrected chi connectivity index (χ1v) is 5.69. The molecular weight excluding hydrogens is 208 g/mol. The summed E-state index contributed by atoms with van der Waals surface area (Å²) >= 11 is 0. The highest BCUT2D eigenvalue weighted by Gasteiger charge is 2.68. The van der Waals surface area contributed by atoms with Crippen LogP contribution in [0.5, 0.6) is 0 Å². The lowest BCUT2D eigenvalue weighted by Crippen LogP contribution is -2.67. The molecule has 1 aromatic rings. The molecule has 86 valence electrons. The molecule has 0 aliphatic heterocycles. The van der Waals surface area contributed by atoms with E-state index in [2.05, 4.69) is 5.32 Å². The molecule has 3 aliphatic rings. The smallest absolute Gasteiger partial charge is 0.129 e. The van der Waals surface area contributed by atoms with Crippen LogP contribution in [0.2, 0.25) is 0 Å². The zero-order chi connectivity index (χ0) is 11.4. The van der Waals surface area contributed by atoms with Crippen molar-refractivity contribution in [1.82, 2.24) is 5.32 Å². The third-order valence-corrected chi connectivity index (χ3v) is 4.19. The normalized spacial score (nSPS) is 35.4. The van der Waals surface area contributed by atoms with Crippen molar-refractivity contribution in [3.05, 3.63) is 35.4 Å². The van der Waals surface area contributed by atoms with Gasteiger partial charge in [-0.25, -0.2) is 8.78 Å². The van der Waals surface area contributed by atoms with Gasteiger partial charge in [-0.05, 0) is 48.8 Å². The van der Waals surface area contributed by atoms with Crippen LogP contribution in [0.4, 0.5) is 8.78 Å². The van der Waals surface area contributed by atoms with Crippen molar-refractivity contribution < 1.29 is 8.78 Å². The summed E-state index contributed by atoms with van der Waals surface area (Å²) < 4.78 is 26.5. The fourth-order valence-corrected chi connectivity index (χ4v) is 3.77. The van der Waals surface area contributed by atoms with Crippen LogP contribution >= 0.6 is 0 Å². The van der Waals surface area contributed by atoms with E-state index in [1.165, 1.54) is 6.07 Å². The highest BCUT2D eigenvalue weighted by molar-refractivity contribution is 5.39.